The molecule has 2 heterocycles. The fourth-order valence-electron chi connectivity index (χ4n) is 4.41. The molecule has 1 saturated heterocycles. The SMILES string of the molecule is Cc1nc(C(=O)NCC(O)CN2CCN(c3cccc(Cl)c3Cl)CC2)c(C)n1-c1ccccc1F.Cl.Cl. The highest BCUT2D eigenvalue weighted by atomic mass is 35.5. The Labute approximate surface area is 238 Å². The van der Waals surface area contributed by atoms with Crippen molar-refractivity contribution in [2.24, 2.45) is 0 Å². The van der Waals surface area contributed by atoms with Crippen molar-refractivity contribution in [1.82, 2.24) is 19.8 Å². The van der Waals surface area contributed by atoms with E-state index in [4.69, 9.17) is 23.2 Å². The molecule has 37 heavy (non-hydrogen) atoms. The van der Waals surface area contributed by atoms with E-state index in [0.717, 1.165) is 31.9 Å². The van der Waals surface area contributed by atoms with Crippen LogP contribution in [0.25, 0.3) is 5.69 Å². The lowest BCUT2D eigenvalue weighted by atomic mass is 10.2. The highest BCUT2D eigenvalue weighted by Crippen LogP contribution is 2.32. The van der Waals surface area contributed by atoms with Gasteiger partial charge in [-0.15, -0.1) is 24.8 Å². The molecular formula is C25H30Cl4FN5O2. The molecular weight excluding hydrogens is 563 g/mol. The average Bonchev–Trinajstić information content (AvgIpc) is 3.14. The maximum atomic E-state index is 14.3. The number of rotatable bonds is 7. The fourth-order valence-corrected chi connectivity index (χ4v) is 4.82. The molecule has 1 unspecified atom stereocenters. The Morgan fingerprint density at radius 3 is 2.38 bits per heavy atom. The number of anilines is 1. The maximum Gasteiger partial charge on any atom is 0.271 e. The quantitative estimate of drug-likeness (QED) is 0.416. The molecule has 1 fully saturated rings. The summed E-state index contributed by atoms with van der Waals surface area (Å²) in [5.41, 5.74) is 2.00. The van der Waals surface area contributed by atoms with Crippen molar-refractivity contribution >= 4 is 59.6 Å². The van der Waals surface area contributed by atoms with Gasteiger partial charge in [-0.2, -0.15) is 0 Å². The van der Waals surface area contributed by atoms with E-state index >= 15 is 0 Å². The summed E-state index contributed by atoms with van der Waals surface area (Å²) in [5.74, 6) is -0.285. The Hall–Kier alpha value is -2.07. The number of hydrogen-bond donors (Lipinski definition) is 2. The van der Waals surface area contributed by atoms with Gasteiger partial charge in [0.25, 0.3) is 5.91 Å². The van der Waals surface area contributed by atoms with Crippen LogP contribution in [0.15, 0.2) is 42.5 Å². The number of aliphatic hydroxyl groups is 1. The normalized spacial score (nSPS) is 14.5. The van der Waals surface area contributed by atoms with Gasteiger partial charge in [-0.25, -0.2) is 9.37 Å². The lowest BCUT2D eigenvalue weighted by molar-refractivity contribution is 0.0847. The molecule has 0 aliphatic carbocycles. The standard InChI is InChI=1S/C25H28Cl2FN5O2.2ClH/c1-16-24(30-17(2)33(16)21-8-4-3-7-20(21)28)25(35)29-14-18(34)15-31-10-12-32(13-11-31)22-9-5-6-19(26)23(22)27;;/h3-9,18,34H,10-15H2,1-2H3,(H,29,35);2*1H. The predicted molar refractivity (Wildman–Crippen MR) is 151 cm³/mol. The summed E-state index contributed by atoms with van der Waals surface area (Å²) in [6.45, 7) is 6.97. The van der Waals surface area contributed by atoms with Crippen LogP contribution in [-0.4, -0.2) is 70.8 Å². The predicted octanol–water partition coefficient (Wildman–Crippen LogP) is 4.69. The number of β-amino-alcohol motifs (C(OH)–C–C–N with tert-alkyl or cyclic N) is 1. The van der Waals surface area contributed by atoms with E-state index in [1.165, 1.54) is 6.07 Å². The summed E-state index contributed by atoms with van der Waals surface area (Å²) in [7, 11) is 0. The molecule has 0 bridgehead atoms. The third-order valence-corrected chi connectivity index (χ3v) is 7.00. The molecule has 1 amide bonds. The van der Waals surface area contributed by atoms with Crippen LogP contribution in [0, 0.1) is 19.7 Å². The summed E-state index contributed by atoms with van der Waals surface area (Å²) in [4.78, 5) is 21.4. The first-order chi connectivity index (χ1) is 16.8. The van der Waals surface area contributed by atoms with Gasteiger partial charge in [0.2, 0.25) is 0 Å². The number of imidazole rings is 1. The maximum absolute atomic E-state index is 14.3. The number of halogens is 5. The van der Waals surface area contributed by atoms with Gasteiger partial charge in [0.15, 0.2) is 0 Å². The van der Waals surface area contributed by atoms with E-state index in [-0.39, 0.29) is 37.1 Å². The van der Waals surface area contributed by atoms with Crippen molar-refractivity contribution < 1.29 is 14.3 Å². The third-order valence-electron chi connectivity index (χ3n) is 6.20. The molecule has 2 aromatic carbocycles. The van der Waals surface area contributed by atoms with Crippen LogP contribution in [0.2, 0.25) is 10.0 Å². The van der Waals surface area contributed by atoms with Crippen LogP contribution in [0.1, 0.15) is 22.0 Å². The molecule has 1 atom stereocenters. The fraction of sp³-hybridized carbons (Fsp3) is 0.360. The van der Waals surface area contributed by atoms with Gasteiger partial charge in [-0.3, -0.25) is 14.3 Å². The van der Waals surface area contributed by atoms with Gasteiger partial charge >= 0.3 is 0 Å². The Balaban J connectivity index is 0.00000241. The average molecular weight is 593 g/mol. The van der Waals surface area contributed by atoms with Gasteiger partial charge < -0.3 is 15.3 Å². The largest absolute Gasteiger partial charge is 0.390 e. The number of nitrogens with zero attached hydrogens (tertiary/aromatic N) is 4. The molecule has 4 rings (SSSR count). The molecule has 1 aliphatic rings. The second-order valence-electron chi connectivity index (χ2n) is 8.60. The molecule has 2 N–H and O–H groups in total. The van der Waals surface area contributed by atoms with Crippen LogP contribution >= 0.6 is 48.0 Å². The van der Waals surface area contributed by atoms with Crippen molar-refractivity contribution in [2.75, 3.05) is 44.2 Å². The summed E-state index contributed by atoms with van der Waals surface area (Å²) in [6, 6.07) is 12.0. The van der Waals surface area contributed by atoms with Gasteiger partial charge in [0.05, 0.1) is 33.2 Å². The smallest absolute Gasteiger partial charge is 0.271 e. The number of nitrogens with one attached hydrogen (secondary N) is 1. The van der Waals surface area contributed by atoms with E-state index < -0.39 is 17.8 Å². The Morgan fingerprint density at radius 2 is 1.70 bits per heavy atom. The molecule has 202 valence electrons. The van der Waals surface area contributed by atoms with Crippen molar-refractivity contribution in [3.05, 3.63) is 75.5 Å². The van der Waals surface area contributed by atoms with Crippen LogP contribution in [-0.2, 0) is 0 Å². The first-order valence-corrected chi connectivity index (χ1v) is 12.2. The van der Waals surface area contributed by atoms with Crippen molar-refractivity contribution in [2.45, 2.75) is 20.0 Å². The number of aryl methyl sites for hydroxylation is 1. The van der Waals surface area contributed by atoms with Crippen molar-refractivity contribution in [3.8, 4) is 5.69 Å². The first-order valence-electron chi connectivity index (χ1n) is 11.4. The molecule has 1 aliphatic heterocycles. The molecule has 3 aromatic rings. The number of carbonyl (C=O) groups excluding carboxylic acids is 1. The van der Waals surface area contributed by atoms with Crippen LogP contribution in [0.3, 0.4) is 0 Å². The highest BCUT2D eigenvalue weighted by Gasteiger charge is 2.23. The number of aromatic nitrogens is 2. The van der Waals surface area contributed by atoms with E-state index in [2.05, 4.69) is 20.1 Å². The monoisotopic (exact) mass is 591 g/mol. The Bertz CT molecular complexity index is 1220. The zero-order chi connectivity index (χ0) is 25.1. The zero-order valence-corrected chi connectivity index (χ0v) is 23.6. The molecule has 7 nitrogen and oxygen atoms in total. The summed E-state index contributed by atoms with van der Waals surface area (Å²) < 4.78 is 15.9. The van der Waals surface area contributed by atoms with Crippen molar-refractivity contribution in [1.29, 1.82) is 0 Å². The molecule has 0 radical (unpaired) electrons. The summed E-state index contributed by atoms with van der Waals surface area (Å²) in [5, 5.41) is 14.4. The topological polar surface area (TPSA) is 73.6 Å². The lowest BCUT2D eigenvalue weighted by Gasteiger charge is -2.37. The minimum Gasteiger partial charge on any atom is -0.390 e. The van der Waals surface area contributed by atoms with Gasteiger partial charge in [0, 0.05) is 39.3 Å². The van der Waals surface area contributed by atoms with Crippen LogP contribution in [0.4, 0.5) is 10.1 Å². The van der Waals surface area contributed by atoms with E-state index in [1.807, 2.05) is 12.1 Å². The number of carbonyl (C=O) groups is 1. The van der Waals surface area contributed by atoms with Crippen LogP contribution in [0.5, 0.6) is 0 Å². The first kappa shape index (κ1) is 31.1. The van der Waals surface area contributed by atoms with E-state index in [1.54, 1.807) is 42.7 Å². The van der Waals surface area contributed by atoms with Gasteiger partial charge in [-0.05, 0) is 38.1 Å². The second kappa shape index (κ2) is 13.6. The number of benzene rings is 2. The molecule has 0 saturated carbocycles. The Morgan fingerprint density at radius 1 is 1.05 bits per heavy atom. The number of amides is 1. The minimum absolute atomic E-state index is 0. The number of hydrogen-bond acceptors (Lipinski definition) is 5. The van der Waals surface area contributed by atoms with E-state index in [0.29, 0.717) is 33.8 Å². The van der Waals surface area contributed by atoms with E-state index in [9.17, 15) is 14.3 Å². The lowest BCUT2D eigenvalue weighted by Crippen LogP contribution is -2.50. The second-order valence-corrected chi connectivity index (χ2v) is 9.39. The molecule has 12 heteroatoms. The van der Waals surface area contributed by atoms with Gasteiger partial charge in [-0.1, -0.05) is 41.4 Å². The molecule has 1 aromatic heterocycles. The minimum atomic E-state index is -0.740. The number of piperazine rings is 1. The Kier molecular flexibility index (Phi) is 11.5. The molecule has 0 spiro atoms. The number of para-hydroxylation sites is 1. The number of aliphatic hydroxyl groups excluding tert-OH is 1. The van der Waals surface area contributed by atoms with Gasteiger partial charge in [0.1, 0.15) is 17.3 Å². The summed E-state index contributed by atoms with van der Waals surface area (Å²) in [6.07, 6.45) is -0.740. The van der Waals surface area contributed by atoms with Crippen LogP contribution < -0.4 is 10.2 Å². The summed E-state index contributed by atoms with van der Waals surface area (Å²) >= 11 is 12.5. The highest BCUT2D eigenvalue weighted by molar-refractivity contribution is 6.43. The third kappa shape index (κ3) is 7.07. The zero-order valence-electron chi connectivity index (χ0n) is 20.5. The van der Waals surface area contributed by atoms with Crippen molar-refractivity contribution in [3.63, 3.8) is 0 Å².